The molecule has 0 radical (unpaired) electrons. The van der Waals surface area contributed by atoms with E-state index in [1.54, 1.807) is 26.0 Å². The van der Waals surface area contributed by atoms with Crippen molar-refractivity contribution in [3.05, 3.63) is 120 Å². The Morgan fingerprint density at radius 2 is 1.63 bits per heavy atom. The molecule has 0 saturated heterocycles. The second-order valence-corrected chi connectivity index (χ2v) is 13.8. The normalized spacial score (nSPS) is 12.0. The van der Waals surface area contributed by atoms with Gasteiger partial charge in [-0.25, -0.2) is 18.4 Å². The zero-order chi connectivity index (χ0) is 32.5. The van der Waals surface area contributed by atoms with Gasteiger partial charge in [-0.05, 0) is 55.3 Å². The number of nitrogens with zero attached hydrogens (tertiary/aromatic N) is 3. The maximum Gasteiger partial charge on any atom is 0.309 e. The van der Waals surface area contributed by atoms with Crippen LogP contribution in [0.4, 0.5) is 5.69 Å². The van der Waals surface area contributed by atoms with E-state index < -0.39 is 21.4 Å². The molecule has 0 aliphatic rings. The number of aromatic nitrogens is 3. The number of hydrogen-bond donors (Lipinski definition) is 2. The summed E-state index contributed by atoms with van der Waals surface area (Å²) >= 11 is 0. The van der Waals surface area contributed by atoms with Crippen LogP contribution in [-0.2, 0) is 34.4 Å². The molecule has 0 bridgehead atoms. The highest BCUT2D eigenvalue weighted by atomic mass is 32.2. The molecule has 0 aliphatic carbocycles. The van der Waals surface area contributed by atoms with E-state index in [-0.39, 0.29) is 6.42 Å². The molecule has 6 rings (SSSR count). The third-order valence-corrected chi connectivity index (χ3v) is 8.44. The quantitative estimate of drug-likeness (QED) is 0.159. The third-order valence-electron chi connectivity index (χ3n) is 7.85. The molecule has 10 heteroatoms. The van der Waals surface area contributed by atoms with E-state index in [0.717, 1.165) is 45.1 Å². The van der Waals surface area contributed by atoms with Gasteiger partial charge in [0.1, 0.15) is 18.2 Å². The first-order chi connectivity index (χ1) is 21.9. The lowest BCUT2D eigenvalue weighted by atomic mass is 9.89. The number of rotatable bonds is 11. The van der Waals surface area contributed by atoms with Gasteiger partial charge in [0.25, 0.3) is 0 Å². The fraction of sp³-hybridized carbons (Fsp3) is 0.194. The molecule has 2 aromatic heterocycles. The highest BCUT2D eigenvalue weighted by Crippen LogP contribution is 2.31. The summed E-state index contributed by atoms with van der Waals surface area (Å²) in [6.45, 7) is 4.15. The lowest BCUT2D eigenvalue weighted by molar-refractivity contribution is -0.146. The second-order valence-electron chi connectivity index (χ2n) is 12.0. The molecule has 2 heterocycles. The van der Waals surface area contributed by atoms with Gasteiger partial charge in [0.05, 0.1) is 39.6 Å². The number of anilines is 1. The summed E-state index contributed by atoms with van der Waals surface area (Å²) < 4.78 is 34.5. The summed E-state index contributed by atoms with van der Waals surface area (Å²) in [5.74, 6) is 0.396. The summed E-state index contributed by atoms with van der Waals surface area (Å²) in [5, 5.41) is 10.9. The molecule has 0 fully saturated rings. The molecule has 46 heavy (non-hydrogen) atoms. The Kier molecular flexibility index (Phi) is 8.22. The lowest BCUT2D eigenvalue weighted by Crippen LogP contribution is -2.27. The molecule has 6 aromatic rings. The Morgan fingerprint density at radius 1 is 0.891 bits per heavy atom. The van der Waals surface area contributed by atoms with Gasteiger partial charge in [-0.1, -0.05) is 66.7 Å². The number of carbonyl (C=O) groups is 1. The monoisotopic (exact) mass is 634 g/mol. The standard InChI is InChI=1S/C36H34N4O5S/c1-36(2,35(41)42)21-34-38-32-20-28(45-23-27-17-16-26-8-4-6-10-30(26)37-27)18-19-33(32)40(34)22-24-12-14-25(15-13-24)29-9-5-7-11-31(29)39-46(3,43)44/h4-20,39H,21-23H2,1-3H3,(H,41,42). The predicted octanol–water partition coefficient (Wildman–Crippen LogP) is 6.90. The summed E-state index contributed by atoms with van der Waals surface area (Å²) in [5.41, 5.74) is 5.37. The molecular weight excluding hydrogens is 600 g/mol. The van der Waals surface area contributed by atoms with Crippen LogP contribution in [0.5, 0.6) is 5.75 Å². The number of pyridine rings is 1. The highest BCUT2D eigenvalue weighted by Gasteiger charge is 2.30. The van der Waals surface area contributed by atoms with Crippen LogP contribution in [0.1, 0.15) is 30.9 Å². The van der Waals surface area contributed by atoms with Crippen LogP contribution in [0, 0.1) is 5.41 Å². The lowest BCUT2D eigenvalue weighted by Gasteiger charge is -2.19. The van der Waals surface area contributed by atoms with Crippen LogP contribution in [0.2, 0.25) is 0 Å². The molecule has 0 amide bonds. The van der Waals surface area contributed by atoms with Gasteiger partial charge in [0.15, 0.2) is 0 Å². The number of fused-ring (bicyclic) bond motifs is 2. The van der Waals surface area contributed by atoms with Crippen molar-refractivity contribution in [2.24, 2.45) is 5.41 Å². The molecule has 234 valence electrons. The van der Waals surface area contributed by atoms with Crippen LogP contribution in [0.25, 0.3) is 33.1 Å². The molecule has 0 aliphatic heterocycles. The number of benzene rings is 4. The summed E-state index contributed by atoms with van der Waals surface area (Å²) in [6.07, 6.45) is 1.36. The Balaban J connectivity index is 1.28. The highest BCUT2D eigenvalue weighted by molar-refractivity contribution is 7.92. The van der Waals surface area contributed by atoms with Crippen molar-refractivity contribution >= 4 is 43.6 Å². The van der Waals surface area contributed by atoms with Gasteiger partial charge >= 0.3 is 5.97 Å². The fourth-order valence-corrected chi connectivity index (χ4v) is 5.95. The van der Waals surface area contributed by atoms with E-state index in [1.807, 2.05) is 95.6 Å². The first kappa shape index (κ1) is 30.8. The first-order valence-electron chi connectivity index (χ1n) is 14.8. The zero-order valence-corrected chi connectivity index (χ0v) is 26.6. The van der Waals surface area contributed by atoms with Gasteiger partial charge in [-0.15, -0.1) is 0 Å². The Bertz CT molecular complexity index is 2170. The van der Waals surface area contributed by atoms with Gasteiger partial charge in [0.2, 0.25) is 10.0 Å². The molecule has 2 N–H and O–H groups in total. The van der Waals surface area contributed by atoms with E-state index >= 15 is 0 Å². The number of ether oxygens (including phenoxy) is 1. The number of aliphatic carboxylic acids is 1. The number of carboxylic acids is 1. The zero-order valence-electron chi connectivity index (χ0n) is 25.8. The van der Waals surface area contributed by atoms with Crippen LogP contribution in [0.3, 0.4) is 0 Å². The Hall–Kier alpha value is -5.22. The van der Waals surface area contributed by atoms with Gasteiger partial charge in [-0.3, -0.25) is 9.52 Å². The van der Waals surface area contributed by atoms with E-state index in [4.69, 9.17) is 9.72 Å². The van der Waals surface area contributed by atoms with Crippen LogP contribution in [-0.4, -0.2) is 40.3 Å². The average molecular weight is 635 g/mol. The molecular formula is C36H34N4O5S. The first-order valence-corrected chi connectivity index (χ1v) is 16.7. The fourth-order valence-electron chi connectivity index (χ4n) is 5.37. The van der Waals surface area contributed by atoms with Crippen LogP contribution < -0.4 is 9.46 Å². The topological polar surface area (TPSA) is 123 Å². The molecule has 0 atom stereocenters. The number of hydrogen-bond acceptors (Lipinski definition) is 6. The van der Waals surface area contributed by atoms with Crippen molar-refractivity contribution in [3.63, 3.8) is 0 Å². The van der Waals surface area contributed by atoms with Crippen molar-refractivity contribution in [1.29, 1.82) is 0 Å². The Morgan fingerprint density at radius 3 is 2.39 bits per heavy atom. The average Bonchev–Trinajstić information content (AvgIpc) is 3.34. The van der Waals surface area contributed by atoms with Crippen molar-refractivity contribution < 1.29 is 23.1 Å². The third kappa shape index (κ3) is 6.87. The second kappa shape index (κ2) is 12.3. The predicted molar refractivity (Wildman–Crippen MR) is 180 cm³/mol. The summed E-state index contributed by atoms with van der Waals surface area (Å²) in [7, 11) is -3.44. The van der Waals surface area contributed by atoms with Crippen molar-refractivity contribution in [2.75, 3.05) is 11.0 Å². The van der Waals surface area contributed by atoms with Gasteiger partial charge < -0.3 is 14.4 Å². The van der Waals surface area contributed by atoms with Crippen molar-refractivity contribution in [3.8, 4) is 16.9 Å². The van der Waals surface area contributed by atoms with Crippen molar-refractivity contribution in [2.45, 2.75) is 33.4 Å². The number of sulfonamides is 1. The number of nitrogens with one attached hydrogen (secondary N) is 1. The molecule has 0 spiro atoms. The van der Waals surface area contributed by atoms with Gasteiger partial charge in [-0.2, -0.15) is 0 Å². The molecule has 9 nitrogen and oxygen atoms in total. The summed E-state index contributed by atoms with van der Waals surface area (Å²) in [6, 6.07) is 32.7. The minimum atomic E-state index is -3.44. The van der Waals surface area contributed by atoms with E-state index in [0.29, 0.717) is 35.9 Å². The number of carboxylic acid groups (broad SMARTS) is 1. The summed E-state index contributed by atoms with van der Waals surface area (Å²) in [4.78, 5) is 21.6. The van der Waals surface area contributed by atoms with E-state index in [9.17, 15) is 18.3 Å². The van der Waals surface area contributed by atoms with E-state index in [2.05, 4.69) is 9.71 Å². The Labute approximate surface area is 267 Å². The number of imidazole rings is 1. The maximum atomic E-state index is 12.0. The van der Waals surface area contributed by atoms with Crippen LogP contribution in [0.15, 0.2) is 103 Å². The van der Waals surface area contributed by atoms with Crippen molar-refractivity contribution in [1.82, 2.24) is 14.5 Å². The molecule has 4 aromatic carbocycles. The minimum Gasteiger partial charge on any atom is -0.487 e. The smallest absolute Gasteiger partial charge is 0.309 e. The molecule has 0 saturated carbocycles. The SMILES string of the molecule is CC(C)(Cc1nc2cc(OCc3ccc4ccccc4n3)ccc2n1Cc1ccc(-c2ccccc2NS(C)(=O)=O)cc1)C(=O)O. The van der Waals surface area contributed by atoms with E-state index in [1.165, 1.54) is 0 Å². The number of para-hydroxylation sites is 2. The van der Waals surface area contributed by atoms with Crippen LogP contribution >= 0.6 is 0 Å². The largest absolute Gasteiger partial charge is 0.487 e. The minimum absolute atomic E-state index is 0.233. The molecule has 0 unspecified atom stereocenters. The van der Waals surface area contributed by atoms with Gasteiger partial charge in [0, 0.05) is 30.0 Å². The maximum absolute atomic E-state index is 12.0.